The van der Waals surface area contributed by atoms with Crippen LogP contribution >= 0.6 is 12.6 Å². The number of thiol groups is 1. The number of amides is 1. The van der Waals surface area contributed by atoms with E-state index in [1.165, 1.54) is 17.2 Å². The fraction of sp³-hybridized carbons (Fsp3) is 0.400. The molecule has 0 spiro atoms. The molecule has 7 heteroatoms. The van der Waals surface area contributed by atoms with Crippen LogP contribution < -0.4 is 4.90 Å². The van der Waals surface area contributed by atoms with Crippen molar-refractivity contribution in [2.75, 3.05) is 11.4 Å². The molecule has 0 radical (unpaired) electrons. The van der Waals surface area contributed by atoms with E-state index in [9.17, 15) is 14.9 Å². The molecular weight excluding hydrogens is 242 g/mol. The van der Waals surface area contributed by atoms with Gasteiger partial charge in [0.1, 0.15) is 0 Å². The minimum Gasteiger partial charge on any atom is -0.290 e. The number of anilines is 1. The standard InChI is InChI=1S/C10H11N3O3S/c1-6-2-8(13(15)16)10(11-4-6)12-5-7(17)3-9(12)14/h2,4,7,17H,3,5H2,1H3. The van der Waals surface area contributed by atoms with E-state index in [1.807, 2.05) is 0 Å². The molecule has 90 valence electrons. The lowest BCUT2D eigenvalue weighted by Gasteiger charge is -2.14. The van der Waals surface area contributed by atoms with E-state index in [4.69, 9.17) is 0 Å². The topological polar surface area (TPSA) is 76.3 Å². The van der Waals surface area contributed by atoms with E-state index in [1.54, 1.807) is 6.92 Å². The van der Waals surface area contributed by atoms with Crippen LogP contribution in [0.25, 0.3) is 0 Å². The van der Waals surface area contributed by atoms with Gasteiger partial charge in [0.15, 0.2) is 0 Å². The molecule has 1 unspecified atom stereocenters. The summed E-state index contributed by atoms with van der Waals surface area (Å²) in [5.41, 5.74) is 0.551. The molecule has 17 heavy (non-hydrogen) atoms. The van der Waals surface area contributed by atoms with Gasteiger partial charge in [-0.15, -0.1) is 0 Å². The molecule has 0 aromatic carbocycles. The third kappa shape index (κ3) is 2.23. The number of aryl methyl sites for hydroxylation is 1. The van der Waals surface area contributed by atoms with Crippen molar-refractivity contribution in [1.29, 1.82) is 0 Å². The van der Waals surface area contributed by atoms with Gasteiger partial charge in [0.2, 0.25) is 11.7 Å². The highest BCUT2D eigenvalue weighted by atomic mass is 32.1. The van der Waals surface area contributed by atoms with Gasteiger partial charge in [0, 0.05) is 30.5 Å². The normalized spacial score (nSPS) is 19.8. The molecule has 2 rings (SSSR count). The highest BCUT2D eigenvalue weighted by Gasteiger charge is 2.33. The van der Waals surface area contributed by atoms with Crippen molar-refractivity contribution in [1.82, 2.24) is 4.98 Å². The molecule has 6 nitrogen and oxygen atoms in total. The molecule has 2 heterocycles. The van der Waals surface area contributed by atoms with Crippen LogP contribution in [-0.2, 0) is 4.79 Å². The quantitative estimate of drug-likeness (QED) is 0.490. The average Bonchev–Trinajstić information content (AvgIpc) is 2.57. The highest BCUT2D eigenvalue weighted by molar-refractivity contribution is 7.81. The Kier molecular flexibility index (Phi) is 3.01. The Labute approximate surface area is 103 Å². The average molecular weight is 253 g/mol. The lowest BCUT2D eigenvalue weighted by Crippen LogP contribution is -2.26. The van der Waals surface area contributed by atoms with Gasteiger partial charge in [-0.2, -0.15) is 12.6 Å². The van der Waals surface area contributed by atoms with E-state index in [0.29, 0.717) is 12.1 Å². The summed E-state index contributed by atoms with van der Waals surface area (Å²) < 4.78 is 0. The molecule has 0 aliphatic carbocycles. The van der Waals surface area contributed by atoms with Gasteiger partial charge in [0.05, 0.1) is 4.92 Å². The molecule has 0 N–H and O–H groups in total. The second kappa shape index (κ2) is 4.33. The van der Waals surface area contributed by atoms with Crippen molar-refractivity contribution in [2.24, 2.45) is 0 Å². The first-order chi connectivity index (χ1) is 7.99. The Morgan fingerprint density at radius 2 is 2.35 bits per heavy atom. The molecule has 1 amide bonds. The van der Waals surface area contributed by atoms with Gasteiger partial charge in [-0.3, -0.25) is 19.8 Å². The summed E-state index contributed by atoms with van der Waals surface area (Å²) >= 11 is 4.21. The smallest absolute Gasteiger partial charge is 0.290 e. The van der Waals surface area contributed by atoms with Crippen molar-refractivity contribution >= 4 is 30.0 Å². The summed E-state index contributed by atoms with van der Waals surface area (Å²) in [4.78, 5) is 27.4. The third-order valence-electron chi connectivity index (χ3n) is 2.54. The Morgan fingerprint density at radius 1 is 1.65 bits per heavy atom. The summed E-state index contributed by atoms with van der Waals surface area (Å²) in [5.74, 6) is -0.0633. The summed E-state index contributed by atoms with van der Waals surface area (Å²) in [6.45, 7) is 2.08. The van der Waals surface area contributed by atoms with E-state index in [0.717, 1.165) is 0 Å². The zero-order valence-corrected chi connectivity index (χ0v) is 10.1. The van der Waals surface area contributed by atoms with Crippen LogP contribution in [0.15, 0.2) is 12.3 Å². The Balaban J connectivity index is 2.45. The first-order valence-electron chi connectivity index (χ1n) is 5.08. The first kappa shape index (κ1) is 11.8. The number of rotatable bonds is 2. The summed E-state index contributed by atoms with van der Waals surface area (Å²) in [7, 11) is 0. The Bertz CT molecular complexity index is 492. The maximum atomic E-state index is 11.7. The van der Waals surface area contributed by atoms with E-state index in [2.05, 4.69) is 17.6 Å². The van der Waals surface area contributed by atoms with Crippen LogP contribution in [0.5, 0.6) is 0 Å². The zero-order chi connectivity index (χ0) is 12.6. The molecular formula is C10H11N3O3S. The molecule has 1 atom stereocenters. The molecule has 1 aromatic heterocycles. The SMILES string of the molecule is Cc1cnc(N2CC(S)CC2=O)c([N+](=O)[O-])c1. The van der Waals surface area contributed by atoms with Crippen LogP contribution in [0.2, 0.25) is 0 Å². The van der Waals surface area contributed by atoms with Crippen molar-refractivity contribution in [3.05, 3.63) is 27.9 Å². The van der Waals surface area contributed by atoms with E-state index >= 15 is 0 Å². The number of carbonyl (C=O) groups excluding carboxylic acids is 1. The Morgan fingerprint density at radius 3 is 2.88 bits per heavy atom. The second-order valence-corrected chi connectivity index (χ2v) is 4.71. The maximum absolute atomic E-state index is 11.7. The Hall–Kier alpha value is -1.63. The lowest BCUT2D eigenvalue weighted by atomic mass is 10.2. The highest BCUT2D eigenvalue weighted by Crippen LogP contribution is 2.30. The predicted octanol–water partition coefficient (Wildman–Crippen LogP) is 1.33. The van der Waals surface area contributed by atoms with Crippen LogP contribution in [0.4, 0.5) is 11.5 Å². The van der Waals surface area contributed by atoms with Crippen molar-refractivity contribution in [3.8, 4) is 0 Å². The molecule has 0 bridgehead atoms. The fourth-order valence-corrected chi connectivity index (χ4v) is 2.10. The van der Waals surface area contributed by atoms with Crippen molar-refractivity contribution in [3.63, 3.8) is 0 Å². The first-order valence-corrected chi connectivity index (χ1v) is 5.60. The minimum atomic E-state index is -0.519. The molecule has 1 aliphatic heterocycles. The number of nitro groups is 1. The fourth-order valence-electron chi connectivity index (χ4n) is 1.78. The third-order valence-corrected chi connectivity index (χ3v) is 2.89. The van der Waals surface area contributed by atoms with E-state index in [-0.39, 0.29) is 29.1 Å². The monoisotopic (exact) mass is 253 g/mol. The molecule has 0 saturated carbocycles. The number of aromatic nitrogens is 1. The van der Waals surface area contributed by atoms with Crippen LogP contribution in [0, 0.1) is 17.0 Å². The van der Waals surface area contributed by atoms with Gasteiger partial charge in [-0.1, -0.05) is 0 Å². The van der Waals surface area contributed by atoms with Gasteiger partial charge in [0.25, 0.3) is 0 Å². The second-order valence-electron chi connectivity index (χ2n) is 3.97. The van der Waals surface area contributed by atoms with Gasteiger partial charge >= 0.3 is 5.69 Å². The number of hydrogen-bond donors (Lipinski definition) is 1. The maximum Gasteiger partial charge on any atom is 0.312 e. The number of carbonyl (C=O) groups is 1. The number of pyridine rings is 1. The number of hydrogen-bond acceptors (Lipinski definition) is 5. The molecule has 1 aromatic rings. The lowest BCUT2D eigenvalue weighted by molar-refractivity contribution is -0.384. The zero-order valence-electron chi connectivity index (χ0n) is 9.16. The summed E-state index contributed by atoms with van der Waals surface area (Å²) in [6.07, 6.45) is 1.80. The van der Waals surface area contributed by atoms with Gasteiger partial charge in [-0.25, -0.2) is 4.98 Å². The predicted molar refractivity (Wildman–Crippen MR) is 65.4 cm³/mol. The summed E-state index contributed by atoms with van der Waals surface area (Å²) in [5, 5.41) is 10.8. The van der Waals surface area contributed by atoms with Crippen LogP contribution in [0.1, 0.15) is 12.0 Å². The number of nitrogens with zero attached hydrogens (tertiary/aromatic N) is 3. The van der Waals surface area contributed by atoms with Gasteiger partial charge in [-0.05, 0) is 12.5 Å². The van der Waals surface area contributed by atoms with Gasteiger partial charge < -0.3 is 0 Å². The van der Waals surface area contributed by atoms with Crippen molar-refractivity contribution < 1.29 is 9.72 Å². The van der Waals surface area contributed by atoms with Crippen molar-refractivity contribution in [2.45, 2.75) is 18.6 Å². The minimum absolute atomic E-state index is 0.0924. The largest absolute Gasteiger partial charge is 0.312 e. The summed E-state index contributed by atoms with van der Waals surface area (Å²) in [6, 6.07) is 1.42. The molecule has 1 aliphatic rings. The molecule has 1 fully saturated rings. The van der Waals surface area contributed by atoms with Crippen LogP contribution in [0.3, 0.4) is 0 Å². The van der Waals surface area contributed by atoms with E-state index < -0.39 is 4.92 Å². The van der Waals surface area contributed by atoms with Crippen LogP contribution in [-0.4, -0.2) is 27.6 Å². The molecule has 1 saturated heterocycles.